The number of carbonyl (C=O) groups is 1. The van der Waals surface area contributed by atoms with E-state index in [9.17, 15) is 10.1 Å². The molecule has 1 heterocycles. The number of nitrogens with one attached hydrogen (secondary N) is 2. The third-order valence-corrected chi connectivity index (χ3v) is 3.24. The minimum absolute atomic E-state index is 0.00703. The number of para-hydroxylation sites is 1. The highest BCUT2D eigenvalue weighted by Crippen LogP contribution is 2.24. The number of hydrogen-bond donors (Lipinski definition) is 2. The molecule has 0 spiro atoms. The monoisotopic (exact) mass is 306 g/mol. The van der Waals surface area contributed by atoms with Crippen molar-refractivity contribution in [3.8, 4) is 6.07 Å². The van der Waals surface area contributed by atoms with Crippen molar-refractivity contribution in [2.75, 3.05) is 10.6 Å². The zero-order chi connectivity index (χ0) is 16.7. The maximum Gasteiger partial charge on any atom is 0.267 e. The zero-order valence-electron chi connectivity index (χ0n) is 13.1. The summed E-state index contributed by atoms with van der Waals surface area (Å²) in [6.07, 6.45) is 4.64. The van der Waals surface area contributed by atoms with Crippen molar-refractivity contribution < 1.29 is 4.79 Å². The van der Waals surface area contributed by atoms with Crippen LogP contribution in [0.2, 0.25) is 0 Å². The van der Waals surface area contributed by atoms with Crippen LogP contribution in [-0.4, -0.2) is 10.9 Å². The molecule has 0 saturated heterocycles. The quantitative estimate of drug-likeness (QED) is 0.652. The number of benzene rings is 1. The predicted octanol–water partition coefficient (Wildman–Crippen LogP) is 3.66. The number of nitrogens with zero attached hydrogens (tertiary/aromatic N) is 2. The number of rotatable bonds is 5. The molecule has 0 bridgehead atoms. The third kappa shape index (κ3) is 4.42. The zero-order valence-corrected chi connectivity index (χ0v) is 13.1. The van der Waals surface area contributed by atoms with Crippen LogP contribution in [-0.2, 0) is 4.79 Å². The van der Waals surface area contributed by atoms with Crippen LogP contribution >= 0.6 is 0 Å². The lowest BCUT2D eigenvalue weighted by molar-refractivity contribution is -0.112. The van der Waals surface area contributed by atoms with Gasteiger partial charge in [0.2, 0.25) is 0 Å². The highest BCUT2D eigenvalue weighted by Gasteiger charge is 2.12. The molecule has 0 radical (unpaired) electrons. The van der Waals surface area contributed by atoms with E-state index in [1.54, 1.807) is 24.5 Å². The van der Waals surface area contributed by atoms with E-state index < -0.39 is 5.91 Å². The number of nitriles is 1. The first-order valence-corrected chi connectivity index (χ1v) is 7.29. The Balaban J connectivity index is 2.14. The van der Waals surface area contributed by atoms with Gasteiger partial charge in [0.05, 0.1) is 11.9 Å². The molecule has 1 aromatic carbocycles. The number of aromatic nitrogens is 1. The third-order valence-electron chi connectivity index (χ3n) is 3.24. The summed E-state index contributed by atoms with van der Waals surface area (Å²) in [6.45, 7) is 4.10. The van der Waals surface area contributed by atoms with Crippen molar-refractivity contribution in [1.82, 2.24) is 4.98 Å². The van der Waals surface area contributed by atoms with Crippen LogP contribution in [0.3, 0.4) is 0 Å². The fourth-order valence-corrected chi connectivity index (χ4v) is 2.06. The molecule has 2 rings (SSSR count). The molecule has 0 fully saturated rings. The Labute approximate surface area is 135 Å². The van der Waals surface area contributed by atoms with Crippen LogP contribution < -0.4 is 10.6 Å². The lowest BCUT2D eigenvalue weighted by atomic mass is 10.0. The lowest BCUT2D eigenvalue weighted by Crippen LogP contribution is -2.16. The molecule has 2 aromatic rings. The van der Waals surface area contributed by atoms with Crippen LogP contribution in [0.15, 0.2) is 60.6 Å². The molecule has 23 heavy (non-hydrogen) atoms. The number of carbonyl (C=O) groups excluding carboxylic acids is 1. The average molecular weight is 306 g/mol. The molecule has 1 amide bonds. The van der Waals surface area contributed by atoms with E-state index in [-0.39, 0.29) is 11.5 Å². The molecule has 0 aliphatic rings. The van der Waals surface area contributed by atoms with E-state index in [4.69, 9.17) is 0 Å². The first kappa shape index (κ1) is 16.2. The van der Waals surface area contributed by atoms with Gasteiger partial charge in [0.15, 0.2) is 0 Å². The SMILES string of the molecule is CC(C)c1ccccc1NC(=O)/C(C#N)=C\Nc1cccnc1. The Hall–Kier alpha value is -3.13. The molecule has 0 aliphatic carbocycles. The van der Waals surface area contributed by atoms with Crippen molar-refractivity contribution in [3.63, 3.8) is 0 Å². The highest BCUT2D eigenvalue weighted by molar-refractivity contribution is 6.07. The van der Waals surface area contributed by atoms with Gasteiger partial charge in [0.1, 0.15) is 11.6 Å². The second-order valence-electron chi connectivity index (χ2n) is 5.25. The second kappa shape index (κ2) is 7.76. The average Bonchev–Trinajstić information content (AvgIpc) is 2.56. The summed E-state index contributed by atoms with van der Waals surface area (Å²) < 4.78 is 0. The van der Waals surface area contributed by atoms with Gasteiger partial charge >= 0.3 is 0 Å². The Morgan fingerprint density at radius 1 is 1.26 bits per heavy atom. The van der Waals surface area contributed by atoms with Gasteiger partial charge in [-0.05, 0) is 29.7 Å². The smallest absolute Gasteiger partial charge is 0.267 e. The number of anilines is 2. The van der Waals surface area contributed by atoms with E-state index in [1.807, 2.05) is 30.3 Å². The normalized spacial score (nSPS) is 11.0. The molecular formula is C18H18N4O. The van der Waals surface area contributed by atoms with Crippen molar-refractivity contribution in [1.29, 1.82) is 5.26 Å². The fourth-order valence-electron chi connectivity index (χ4n) is 2.06. The molecule has 0 saturated carbocycles. The summed E-state index contributed by atoms with van der Waals surface area (Å²) in [5, 5.41) is 14.9. The van der Waals surface area contributed by atoms with Crippen molar-refractivity contribution in [2.45, 2.75) is 19.8 Å². The Morgan fingerprint density at radius 2 is 2.04 bits per heavy atom. The largest absolute Gasteiger partial charge is 0.359 e. The van der Waals surface area contributed by atoms with E-state index in [1.165, 1.54) is 6.20 Å². The van der Waals surface area contributed by atoms with Gasteiger partial charge < -0.3 is 10.6 Å². The predicted molar refractivity (Wildman–Crippen MR) is 90.7 cm³/mol. The molecule has 116 valence electrons. The Kier molecular flexibility index (Phi) is 5.48. The summed E-state index contributed by atoms with van der Waals surface area (Å²) in [5.41, 5.74) is 2.44. The second-order valence-corrected chi connectivity index (χ2v) is 5.25. The maximum atomic E-state index is 12.3. The van der Waals surface area contributed by atoms with Gasteiger partial charge in [-0.15, -0.1) is 0 Å². The first-order valence-electron chi connectivity index (χ1n) is 7.29. The van der Waals surface area contributed by atoms with Crippen molar-refractivity contribution in [2.24, 2.45) is 0 Å². The van der Waals surface area contributed by atoms with Gasteiger partial charge in [-0.3, -0.25) is 9.78 Å². The van der Waals surface area contributed by atoms with Crippen molar-refractivity contribution >= 4 is 17.3 Å². The topological polar surface area (TPSA) is 77.8 Å². The highest BCUT2D eigenvalue weighted by atomic mass is 16.1. The van der Waals surface area contributed by atoms with Crippen LogP contribution in [0.25, 0.3) is 0 Å². The van der Waals surface area contributed by atoms with Crippen LogP contribution in [0.1, 0.15) is 25.3 Å². The van der Waals surface area contributed by atoms with Gasteiger partial charge in [0, 0.05) is 18.1 Å². The van der Waals surface area contributed by atoms with E-state index in [0.29, 0.717) is 5.69 Å². The summed E-state index contributed by atoms with van der Waals surface area (Å²) in [5.74, 6) is -0.175. The van der Waals surface area contributed by atoms with Crippen LogP contribution in [0.4, 0.5) is 11.4 Å². The molecule has 5 heteroatoms. The number of amides is 1. The Bertz CT molecular complexity index is 745. The molecule has 2 N–H and O–H groups in total. The number of hydrogen-bond acceptors (Lipinski definition) is 4. The fraction of sp³-hybridized carbons (Fsp3) is 0.167. The van der Waals surface area contributed by atoms with E-state index >= 15 is 0 Å². The molecule has 5 nitrogen and oxygen atoms in total. The minimum Gasteiger partial charge on any atom is -0.359 e. The van der Waals surface area contributed by atoms with Crippen LogP contribution in [0.5, 0.6) is 0 Å². The number of pyridine rings is 1. The van der Waals surface area contributed by atoms with Crippen molar-refractivity contribution in [3.05, 3.63) is 66.1 Å². The summed E-state index contributed by atoms with van der Waals surface area (Å²) in [4.78, 5) is 16.2. The van der Waals surface area contributed by atoms with Crippen LogP contribution in [0, 0.1) is 11.3 Å². The molecule has 0 unspecified atom stereocenters. The summed E-state index contributed by atoms with van der Waals surface area (Å²) >= 11 is 0. The maximum absolute atomic E-state index is 12.3. The summed E-state index contributed by atoms with van der Waals surface area (Å²) in [7, 11) is 0. The Morgan fingerprint density at radius 3 is 2.70 bits per heavy atom. The molecular weight excluding hydrogens is 288 g/mol. The summed E-state index contributed by atoms with van der Waals surface area (Å²) in [6, 6.07) is 13.0. The first-order chi connectivity index (χ1) is 11.1. The van der Waals surface area contributed by atoms with Gasteiger partial charge in [0.25, 0.3) is 5.91 Å². The van der Waals surface area contributed by atoms with Gasteiger partial charge in [-0.2, -0.15) is 5.26 Å². The van der Waals surface area contributed by atoms with Gasteiger partial charge in [-0.25, -0.2) is 0 Å². The lowest BCUT2D eigenvalue weighted by Gasteiger charge is -2.13. The molecule has 0 aliphatic heterocycles. The molecule has 0 atom stereocenters. The van der Waals surface area contributed by atoms with E-state index in [2.05, 4.69) is 29.5 Å². The molecule has 1 aromatic heterocycles. The van der Waals surface area contributed by atoms with Gasteiger partial charge in [-0.1, -0.05) is 32.0 Å². The van der Waals surface area contributed by atoms with E-state index in [0.717, 1.165) is 11.3 Å². The standard InChI is InChI=1S/C18H18N4O/c1-13(2)16-7-3-4-8-17(16)22-18(23)14(10-19)11-21-15-6-5-9-20-12-15/h3-9,11-13,21H,1-2H3,(H,22,23)/b14-11-. The minimum atomic E-state index is -0.447.